The second-order valence-electron chi connectivity index (χ2n) is 19.0. The number of anilines is 5. The van der Waals surface area contributed by atoms with Crippen molar-refractivity contribution < 1.29 is 19.5 Å². The van der Waals surface area contributed by atoms with Crippen molar-refractivity contribution >= 4 is 68.3 Å². The molecule has 0 atom stereocenters. The maximum absolute atomic E-state index is 12.9. The third-order valence-electron chi connectivity index (χ3n) is 13.2. The molecule has 13 nitrogen and oxygen atoms in total. The van der Waals surface area contributed by atoms with Gasteiger partial charge in [-0.25, -0.2) is 14.8 Å². The van der Waals surface area contributed by atoms with Crippen LogP contribution >= 0.6 is 22.7 Å². The molecule has 4 aromatic heterocycles. The van der Waals surface area contributed by atoms with Gasteiger partial charge in [-0.1, -0.05) is 72.3 Å². The van der Waals surface area contributed by atoms with Crippen LogP contribution in [-0.2, 0) is 6.42 Å². The minimum atomic E-state index is -0.896. The summed E-state index contributed by atoms with van der Waals surface area (Å²) in [5.41, 5.74) is 15.4. The highest BCUT2D eigenvalue weighted by Crippen LogP contribution is 2.31. The molecule has 0 unspecified atom stereocenters. The minimum Gasteiger partial charge on any atom is -0.478 e. The van der Waals surface area contributed by atoms with E-state index in [9.17, 15) is 14.4 Å². The van der Waals surface area contributed by atoms with Crippen LogP contribution in [0, 0.1) is 20.8 Å². The number of nitrogens with zero attached hydrogens (tertiary/aromatic N) is 6. The van der Waals surface area contributed by atoms with Gasteiger partial charge in [0.25, 0.3) is 11.8 Å². The Morgan fingerprint density at radius 1 is 0.557 bits per heavy atom. The van der Waals surface area contributed by atoms with E-state index < -0.39 is 5.97 Å². The zero-order valence-corrected chi connectivity index (χ0v) is 45.9. The molecule has 0 bridgehead atoms. The average Bonchev–Trinajstić information content (AvgIpc) is 4.18. The summed E-state index contributed by atoms with van der Waals surface area (Å²) >= 11 is 3.17. The fourth-order valence-electron chi connectivity index (χ4n) is 8.61. The Hall–Kier alpha value is -9.15. The van der Waals surface area contributed by atoms with Crippen molar-refractivity contribution in [3.05, 3.63) is 243 Å². The predicted octanol–water partition coefficient (Wildman–Crippen LogP) is 14.0. The number of aromatic carboxylic acids is 1. The fraction of sp³-hybridized carbons (Fsp3) is 0.141. The first-order valence-electron chi connectivity index (χ1n) is 25.7. The number of carbonyl (C=O) groups is 3. The van der Waals surface area contributed by atoms with Crippen molar-refractivity contribution in [3.8, 4) is 33.6 Å². The lowest BCUT2D eigenvalue weighted by atomic mass is 10.0. The third kappa shape index (κ3) is 15.1. The van der Waals surface area contributed by atoms with E-state index >= 15 is 0 Å². The van der Waals surface area contributed by atoms with Crippen molar-refractivity contribution in [1.29, 1.82) is 0 Å². The molecule has 15 heteroatoms. The number of aryl methyl sites for hydroxylation is 3. The normalized spacial score (nSPS) is 12.0. The molecule has 396 valence electrons. The zero-order chi connectivity index (χ0) is 55.1. The van der Waals surface area contributed by atoms with Gasteiger partial charge < -0.3 is 30.9 Å². The smallest absolute Gasteiger partial charge is 0.335 e. The SMILES string of the molecule is Cc1ccc(NC(=O)c2ccc(N3CCN(C)CC3)cc2)cc1Cc1nc(-c2cccnc2)cs1.Cc1cccc(C(=O)Nc2ccc(C)c(Nc3nc(-c4cccnc4)cs3)c2)c1.O=C(O)c1cccc(-c2ccccc2)c1. The second-order valence-corrected chi connectivity index (χ2v) is 20.8. The van der Waals surface area contributed by atoms with Gasteiger partial charge in [0.05, 0.1) is 22.0 Å². The summed E-state index contributed by atoms with van der Waals surface area (Å²) in [6, 6.07) is 51.8. The van der Waals surface area contributed by atoms with Gasteiger partial charge in [-0.15, -0.1) is 22.7 Å². The van der Waals surface area contributed by atoms with E-state index in [4.69, 9.17) is 10.1 Å². The molecule has 1 aliphatic heterocycles. The largest absolute Gasteiger partial charge is 0.478 e. The maximum atomic E-state index is 12.9. The summed E-state index contributed by atoms with van der Waals surface area (Å²) in [4.78, 5) is 58.7. The van der Waals surface area contributed by atoms with E-state index in [1.807, 2.05) is 159 Å². The Morgan fingerprint density at radius 2 is 1.16 bits per heavy atom. The van der Waals surface area contributed by atoms with Crippen LogP contribution in [0.3, 0.4) is 0 Å². The Bertz CT molecular complexity index is 3660. The van der Waals surface area contributed by atoms with Crippen LogP contribution in [0.5, 0.6) is 0 Å². The number of carbonyl (C=O) groups excluding carboxylic acids is 2. The van der Waals surface area contributed by atoms with Crippen molar-refractivity contribution in [2.75, 3.05) is 54.1 Å². The summed E-state index contributed by atoms with van der Waals surface area (Å²) in [5.74, 6) is -1.12. The van der Waals surface area contributed by atoms with E-state index in [1.54, 1.807) is 48.1 Å². The Kier molecular flexibility index (Phi) is 18.2. The zero-order valence-electron chi connectivity index (χ0n) is 44.3. The molecular formula is C64H59N9O4S2. The van der Waals surface area contributed by atoms with Crippen LogP contribution in [-0.4, -0.2) is 81.0 Å². The van der Waals surface area contributed by atoms with Crippen molar-refractivity contribution in [2.45, 2.75) is 27.2 Å². The number of rotatable bonds is 13. The first kappa shape index (κ1) is 54.6. The van der Waals surface area contributed by atoms with Gasteiger partial charge in [-0.05, 0) is 153 Å². The van der Waals surface area contributed by atoms with E-state index in [-0.39, 0.29) is 11.8 Å². The topological polar surface area (TPSA) is 166 Å². The highest BCUT2D eigenvalue weighted by atomic mass is 32.1. The van der Waals surface area contributed by atoms with Gasteiger partial charge in [0, 0.05) is 113 Å². The van der Waals surface area contributed by atoms with Crippen molar-refractivity contribution in [3.63, 3.8) is 0 Å². The molecule has 1 aliphatic rings. The summed E-state index contributed by atoms with van der Waals surface area (Å²) in [5, 5.41) is 24.1. The molecule has 4 N–H and O–H groups in total. The molecular weight excluding hydrogens is 1020 g/mol. The van der Waals surface area contributed by atoms with E-state index in [1.165, 1.54) is 22.6 Å². The first-order chi connectivity index (χ1) is 38.4. The van der Waals surface area contributed by atoms with Gasteiger partial charge >= 0.3 is 5.97 Å². The second kappa shape index (κ2) is 26.3. The monoisotopic (exact) mass is 1080 g/mol. The van der Waals surface area contributed by atoms with Gasteiger partial charge in [-0.2, -0.15) is 0 Å². The number of carboxylic acids is 1. The minimum absolute atomic E-state index is 0.0992. The van der Waals surface area contributed by atoms with Crippen LogP contribution < -0.4 is 20.9 Å². The Balaban J connectivity index is 0.000000155. The van der Waals surface area contributed by atoms with Crippen molar-refractivity contribution in [1.82, 2.24) is 24.8 Å². The van der Waals surface area contributed by atoms with Gasteiger partial charge in [-0.3, -0.25) is 19.6 Å². The van der Waals surface area contributed by atoms with Crippen LogP contribution in [0.2, 0.25) is 0 Å². The Morgan fingerprint density at radius 3 is 1.84 bits per heavy atom. The lowest BCUT2D eigenvalue weighted by molar-refractivity contribution is 0.0696. The highest BCUT2D eigenvalue weighted by Gasteiger charge is 2.16. The number of carboxylic acid groups (broad SMARTS) is 1. The molecule has 6 aromatic carbocycles. The van der Waals surface area contributed by atoms with E-state index in [0.717, 1.165) is 110 Å². The summed E-state index contributed by atoms with van der Waals surface area (Å²) in [6.07, 6.45) is 7.86. The first-order valence-corrected chi connectivity index (χ1v) is 27.5. The summed E-state index contributed by atoms with van der Waals surface area (Å²) < 4.78 is 0. The molecule has 11 rings (SSSR count). The Labute approximate surface area is 468 Å². The number of thiazole rings is 2. The van der Waals surface area contributed by atoms with Gasteiger partial charge in [0.2, 0.25) is 0 Å². The molecule has 79 heavy (non-hydrogen) atoms. The predicted molar refractivity (Wildman–Crippen MR) is 321 cm³/mol. The molecule has 0 radical (unpaired) electrons. The summed E-state index contributed by atoms with van der Waals surface area (Å²) in [6.45, 7) is 10.2. The maximum Gasteiger partial charge on any atom is 0.335 e. The number of amides is 2. The molecule has 0 spiro atoms. The lowest BCUT2D eigenvalue weighted by Gasteiger charge is -2.34. The summed E-state index contributed by atoms with van der Waals surface area (Å²) in [7, 11) is 2.15. The van der Waals surface area contributed by atoms with E-state index in [2.05, 4.69) is 72.2 Å². The third-order valence-corrected chi connectivity index (χ3v) is 14.8. The quantitative estimate of drug-likeness (QED) is 0.0868. The fourth-order valence-corrected chi connectivity index (χ4v) is 10.2. The number of nitrogens with one attached hydrogen (secondary N) is 3. The number of likely N-dealkylation sites (N-methyl/N-ethyl adjacent to an activating group) is 1. The molecule has 0 saturated carbocycles. The van der Waals surface area contributed by atoms with Crippen molar-refractivity contribution in [2.24, 2.45) is 0 Å². The lowest BCUT2D eigenvalue weighted by Crippen LogP contribution is -2.44. The number of pyridine rings is 2. The van der Waals surface area contributed by atoms with Crippen LogP contribution in [0.4, 0.5) is 27.9 Å². The van der Waals surface area contributed by atoms with Crippen LogP contribution in [0.1, 0.15) is 58.3 Å². The van der Waals surface area contributed by atoms with Crippen LogP contribution in [0.15, 0.2) is 199 Å². The standard InChI is InChI=1S/C28H29N5OS.C23H20N4OS.C13H10O2/c1-20-5-8-24(16-23(20)17-27-31-26(19-35-27)22-4-3-11-29-18-22)30-28(34)21-6-9-25(10-7-21)33-14-12-32(2)13-15-33;1-15-5-3-6-17(11-15)22(28)25-19-9-8-16(2)20(12-19)26-23-27-21(14-29-23)18-7-4-10-24-13-18;14-13(15)12-8-4-7-11(9-12)10-5-2-1-3-6-10/h3-11,16,18-19H,12-15,17H2,1-2H3,(H,30,34);3-14H,1-2H3,(H,25,28)(H,26,27);1-9H,(H,14,15). The molecule has 0 aliphatic carbocycles. The molecule has 10 aromatic rings. The molecule has 1 fully saturated rings. The van der Waals surface area contributed by atoms with Gasteiger partial charge in [0.1, 0.15) is 0 Å². The molecule has 2 amide bonds. The van der Waals surface area contributed by atoms with Gasteiger partial charge in [0.15, 0.2) is 5.13 Å². The average molecular weight is 1080 g/mol. The molecule has 1 saturated heterocycles. The van der Waals surface area contributed by atoms with E-state index in [0.29, 0.717) is 16.7 Å². The number of aromatic nitrogens is 4. The number of hydrogen-bond donors (Lipinski definition) is 4. The molecule has 5 heterocycles. The highest BCUT2D eigenvalue weighted by molar-refractivity contribution is 7.14. The number of piperazine rings is 1. The number of benzene rings is 6. The number of hydrogen-bond acceptors (Lipinski definition) is 12. The van der Waals surface area contributed by atoms with Crippen LogP contribution in [0.25, 0.3) is 33.6 Å².